The molecule has 11 heteroatoms. The van der Waals surface area contributed by atoms with Gasteiger partial charge in [-0.25, -0.2) is 4.90 Å². The minimum absolute atomic E-state index is 0.00632. The van der Waals surface area contributed by atoms with Crippen LogP contribution in [0.15, 0.2) is 72.9 Å². The number of aromatic nitrogens is 1. The SMILES string of the molecule is COc1ccc(N2C(=O)CC(N(CCc3c[nH]c4ccccc34)C(=O)c3ccc(Cl)c([N+](=O)[O-])c3)C2=O)cc1. The van der Waals surface area contributed by atoms with E-state index in [0.29, 0.717) is 17.9 Å². The van der Waals surface area contributed by atoms with Crippen molar-refractivity contribution in [2.24, 2.45) is 0 Å². The zero-order valence-corrected chi connectivity index (χ0v) is 21.6. The summed E-state index contributed by atoms with van der Waals surface area (Å²) in [6, 6.07) is 16.8. The highest BCUT2D eigenvalue weighted by Gasteiger charge is 2.44. The zero-order valence-electron chi connectivity index (χ0n) is 20.8. The third-order valence-electron chi connectivity index (χ3n) is 6.78. The van der Waals surface area contributed by atoms with Crippen LogP contribution < -0.4 is 9.64 Å². The number of anilines is 1. The molecule has 0 aliphatic carbocycles. The average Bonchev–Trinajstić information content (AvgIpc) is 3.48. The van der Waals surface area contributed by atoms with E-state index < -0.39 is 34.4 Å². The first-order valence-corrected chi connectivity index (χ1v) is 12.5. The van der Waals surface area contributed by atoms with Gasteiger partial charge in [-0.2, -0.15) is 0 Å². The third-order valence-corrected chi connectivity index (χ3v) is 7.10. The Hall–Kier alpha value is -4.70. The second kappa shape index (κ2) is 10.6. The molecule has 1 aliphatic rings. The molecule has 198 valence electrons. The molecule has 0 bridgehead atoms. The number of para-hydroxylation sites is 1. The molecule has 0 spiro atoms. The van der Waals surface area contributed by atoms with E-state index in [4.69, 9.17) is 16.3 Å². The van der Waals surface area contributed by atoms with E-state index in [9.17, 15) is 24.5 Å². The number of hydrogen-bond donors (Lipinski definition) is 1. The van der Waals surface area contributed by atoms with E-state index in [1.165, 1.54) is 24.1 Å². The monoisotopic (exact) mass is 546 g/mol. The number of imide groups is 1. The average molecular weight is 547 g/mol. The molecule has 1 saturated heterocycles. The van der Waals surface area contributed by atoms with Crippen LogP contribution in [0.3, 0.4) is 0 Å². The lowest BCUT2D eigenvalue weighted by molar-refractivity contribution is -0.384. The van der Waals surface area contributed by atoms with Crippen molar-refractivity contribution in [2.45, 2.75) is 18.9 Å². The number of benzene rings is 3. The molecular formula is C28H23ClN4O6. The lowest BCUT2D eigenvalue weighted by Gasteiger charge is -2.28. The van der Waals surface area contributed by atoms with E-state index in [2.05, 4.69) is 4.98 Å². The molecule has 1 unspecified atom stereocenters. The van der Waals surface area contributed by atoms with Gasteiger partial charge in [0, 0.05) is 35.3 Å². The fraction of sp³-hybridized carbons (Fsp3) is 0.179. The van der Waals surface area contributed by atoms with Crippen LogP contribution in [0.25, 0.3) is 10.9 Å². The van der Waals surface area contributed by atoms with Gasteiger partial charge in [0.05, 0.1) is 24.1 Å². The van der Waals surface area contributed by atoms with Crippen molar-refractivity contribution in [1.29, 1.82) is 0 Å². The smallest absolute Gasteiger partial charge is 0.288 e. The highest BCUT2D eigenvalue weighted by Crippen LogP contribution is 2.30. The highest BCUT2D eigenvalue weighted by molar-refractivity contribution is 6.32. The largest absolute Gasteiger partial charge is 0.497 e. The van der Waals surface area contributed by atoms with Gasteiger partial charge in [-0.3, -0.25) is 24.5 Å². The van der Waals surface area contributed by atoms with E-state index in [1.54, 1.807) is 24.3 Å². The molecule has 39 heavy (non-hydrogen) atoms. The predicted octanol–water partition coefficient (Wildman–Crippen LogP) is 4.76. The van der Waals surface area contributed by atoms with Crippen molar-refractivity contribution < 1.29 is 24.0 Å². The Balaban J connectivity index is 1.49. The van der Waals surface area contributed by atoms with Gasteiger partial charge in [0.1, 0.15) is 16.8 Å². The number of nitro groups is 1. The summed E-state index contributed by atoms with van der Waals surface area (Å²) in [6.45, 7) is 0.0945. The number of carbonyl (C=O) groups is 3. The molecule has 3 amide bonds. The minimum atomic E-state index is -1.09. The Morgan fingerprint density at radius 1 is 1.15 bits per heavy atom. The number of halogens is 1. The quantitative estimate of drug-likeness (QED) is 0.193. The second-order valence-corrected chi connectivity index (χ2v) is 9.42. The lowest BCUT2D eigenvalue weighted by Crippen LogP contribution is -2.46. The van der Waals surface area contributed by atoms with E-state index >= 15 is 0 Å². The van der Waals surface area contributed by atoms with Crippen molar-refractivity contribution in [3.05, 3.63) is 99.2 Å². The summed E-state index contributed by atoms with van der Waals surface area (Å²) in [4.78, 5) is 56.7. The first-order valence-electron chi connectivity index (χ1n) is 12.1. The van der Waals surface area contributed by atoms with Crippen molar-refractivity contribution in [2.75, 3.05) is 18.6 Å². The Morgan fingerprint density at radius 3 is 2.62 bits per heavy atom. The number of nitro benzene ring substituents is 1. The van der Waals surface area contributed by atoms with Gasteiger partial charge in [0.25, 0.3) is 17.5 Å². The topological polar surface area (TPSA) is 126 Å². The zero-order chi connectivity index (χ0) is 27.7. The molecule has 10 nitrogen and oxygen atoms in total. The number of rotatable bonds is 8. The molecule has 0 radical (unpaired) electrons. The van der Waals surface area contributed by atoms with Gasteiger partial charge in [-0.15, -0.1) is 0 Å². The summed E-state index contributed by atoms with van der Waals surface area (Å²) in [5, 5.41) is 12.3. The maximum atomic E-state index is 13.8. The molecule has 1 aromatic heterocycles. The van der Waals surface area contributed by atoms with Crippen molar-refractivity contribution in [3.8, 4) is 5.75 Å². The van der Waals surface area contributed by atoms with Crippen LogP contribution in [0.4, 0.5) is 11.4 Å². The highest BCUT2D eigenvalue weighted by atomic mass is 35.5. The number of H-pyrrole nitrogens is 1. The van der Waals surface area contributed by atoms with E-state index in [-0.39, 0.29) is 23.6 Å². The molecule has 0 saturated carbocycles. The fourth-order valence-corrected chi connectivity index (χ4v) is 4.98. The molecule has 1 aliphatic heterocycles. The molecule has 1 fully saturated rings. The Labute approximate surface area is 227 Å². The van der Waals surface area contributed by atoms with Crippen molar-refractivity contribution >= 4 is 51.6 Å². The van der Waals surface area contributed by atoms with Gasteiger partial charge in [0.2, 0.25) is 5.91 Å². The summed E-state index contributed by atoms with van der Waals surface area (Å²) in [6.07, 6.45) is 2.00. The van der Waals surface area contributed by atoms with Crippen LogP contribution in [0.5, 0.6) is 5.75 Å². The molecule has 3 aromatic carbocycles. The standard InChI is InChI=1S/C28H23ClN4O6/c1-39-20-9-7-19(8-10-20)32-26(34)15-25(28(32)36)31(13-12-18-16-30-23-5-3-2-4-21(18)23)27(35)17-6-11-22(29)24(14-17)33(37)38/h2-11,14,16,25,30H,12-13,15H2,1H3. The molecule has 4 aromatic rings. The molecule has 1 atom stereocenters. The second-order valence-electron chi connectivity index (χ2n) is 9.02. The normalized spacial score (nSPS) is 15.1. The van der Waals surface area contributed by atoms with Crippen LogP contribution in [-0.4, -0.2) is 52.2 Å². The van der Waals surface area contributed by atoms with Gasteiger partial charge in [-0.1, -0.05) is 29.8 Å². The summed E-state index contributed by atoms with van der Waals surface area (Å²) in [7, 11) is 1.51. The van der Waals surface area contributed by atoms with E-state index in [1.807, 2.05) is 30.5 Å². The number of carbonyl (C=O) groups excluding carboxylic acids is 3. The summed E-state index contributed by atoms with van der Waals surface area (Å²) in [5.74, 6) is -1.06. The van der Waals surface area contributed by atoms with Crippen LogP contribution in [0.2, 0.25) is 5.02 Å². The predicted molar refractivity (Wildman–Crippen MR) is 145 cm³/mol. The number of amides is 3. The van der Waals surface area contributed by atoms with Crippen LogP contribution in [0.1, 0.15) is 22.3 Å². The van der Waals surface area contributed by atoms with Crippen LogP contribution >= 0.6 is 11.6 Å². The summed E-state index contributed by atoms with van der Waals surface area (Å²) in [5.41, 5.74) is 1.78. The maximum Gasteiger partial charge on any atom is 0.288 e. The Bertz CT molecular complexity index is 1600. The van der Waals surface area contributed by atoms with Gasteiger partial charge < -0.3 is 14.6 Å². The summed E-state index contributed by atoms with van der Waals surface area (Å²) < 4.78 is 5.16. The molecule has 1 N–H and O–H groups in total. The van der Waals surface area contributed by atoms with Crippen LogP contribution in [0, 0.1) is 10.1 Å². The fourth-order valence-electron chi connectivity index (χ4n) is 4.79. The van der Waals surface area contributed by atoms with Gasteiger partial charge >= 0.3 is 0 Å². The lowest BCUT2D eigenvalue weighted by atomic mass is 10.1. The molecule has 5 rings (SSSR count). The maximum absolute atomic E-state index is 13.8. The van der Waals surface area contributed by atoms with Crippen molar-refractivity contribution in [3.63, 3.8) is 0 Å². The van der Waals surface area contributed by atoms with E-state index in [0.717, 1.165) is 27.4 Å². The minimum Gasteiger partial charge on any atom is -0.497 e. The number of nitrogens with zero attached hydrogens (tertiary/aromatic N) is 3. The number of ether oxygens (including phenoxy) is 1. The Kier molecular flexibility index (Phi) is 7.03. The number of nitrogens with one attached hydrogen (secondary N) is 1. The number of fused-ring (bicyclic) bond motifs is 1. The molecule has 2 heterocycles. The van der Waals surface area contributed by atoms with Gasteiger partial charge in [-0.05, 0) is 54.4 Å². The number of methoxy groups -OCH3 is 1. The molecular weight excluding hydrogens is 524 g/mol. The van der Waals surface area contributed by atoms with Gasteiger partial charge in [0.15, 0.2) is 0 Å². The first kappa shape index (κ1) is 25.9. The number of aromatic amines is 1. The van der Waals surface area contributed by atoms with Crippen molar-refractivity contribution in [1.82, 2.24) is 9.88 Å². The number of hydrogen-bond acceptors (Lipinski definition) is 6. The third kappa shape index (κ3) is 4.94. The Morgan fingerprint density at radius 2 is 1.90 bits per heavy atom. The first-order chi connectivity index (χ1) is 18.8. The summed E-state index contributed by atoms with van der Waals surface area (Å²) >= 11 is 5.95. The van der Waals surface area contributed by atoms with Crippen LogP contribution in [-0.2, 0) is 16.0 Å².